The number of anilines is 2. The van der Waals surface area contributed by atoms with Gasteiger partial charge in [0.15, 0.2) is 5.60 Å². The summed E-state index contributed by atoms with van der Waals surface area (Å²) in [6.45, 7) is 6.55. The number of carbonyl (C=O) groups excluding carboxylic acids is 1. The van der Waals surface area contributed by atoms with Gasteiger partial charge < -0.3 is 19.3 Å². The van der Waals surface area contributed by atoms with Gasteiger partial charge in [0.2, 0.25) is 0 Å². The van der Waals surface area contributed by atoms with Crippen LogP contribution in [-0.4, -0.2) is 19.6 Å². The Hall–Kier alpha value is -5.03. The predicted octanol–water partition coefficient (Wildman–Crippen LogP) is 8.23. The molecule has 0 saturated carbocycles. The largest absolute Gasteiger partial charge is 0.456 e. The summed E-state index contributed by atoms with van der Waals surface area (Å²) in [6, 6.07) is 39.2. The maximum Gasteiger partial charge on any atom is 0.340 e. The van der Waals surface area contributed by atoms with Crippen LogP contribution >= 0.6 is 0 Å². The van der Waals surface area contributed by atoms with Gasteiger partial charge in [-0.05, 0) is 60.9 Å². The van der Waals surface area contributed by atoms with Crippen molar-refractivity contribution in [2.45, 2.75) is 32.5 Å². The fourth-order valence-corrected chi connectivity index (χ4v) is 6.39. The fraction of sp³-hybridized carbons (Fsp3) is 0.184. The van der Waals surface area contributed by atoms with Crippen LogP contribution in [0.15, 0.2) is 115 Å². The first kappa shape index (κ1) is 26.8. The highest BCUT2D eigenvalue weighted by Crippen LogP contribution is 2.57. The Labute approximate surface area is 252 Å². The minimum atomic E-state index is -1.12. The van der Waals surface area contributed by atoms with E-state index in [1.165, 1.54) is 11.1 Å². The van der Waals surface area contributed by atoms with Gasteiger partial charge in [0.25, 0.3) is 0 Å². The molecule has 2 heterocycles. The lowest BCUT2D eigenvalue weighted by atomic mass is 9.77. The number of rotatable bonds is 7. The van der Waals surface area contributed by atoms with E-state index in [-0.39, 0.29) is 5.97 Å². The molecule has 2 aliphatic rings. The van der Waals surface area contributed by atoms with Crippen molar-refractivity contribution >= 4 is 17.3 Å². The third kappa shape index (κ3) is 4.52. The number of carbonyl (C=O) groups is 1. The van der Waals surface area contributed by atoms with Crippen molar-refractivity contribution in [3.05, 3.63) is 154 Å². The number of esters is 1. The second-order valence-electron chi connectivity index (χ2n) is 11.4. The van der Waals surface area contributed by atoms with Gasteiger partial charge in [-0.15, -0.1) is 0 Å². The molecule has 1 unspecified atom stereocenters. The van der Waals surface area contributed by atoms with Crippen LogP contribution in [0.2, 0.25) is 0 Å². The van der Waals surface area contributed by atoms with E-state index in [0.29, 0.717) is 17.1 Å². The lowest BCUT2D eigenvalue weighted by Crippen LogP contribution is -2.34. The Balaban J connectivity index is 1.43. The minimum Gasteiger partial charge on any atom is -0.456 e. The maximum atomic E-state index is 13.5. The summed E-state index contributed by atoms with van der Waals surface area (Å²) in [5.41, 5.74) is 7.62. The molecule has 5 nitrogen and oxygen atoms in total. The summed E-state index contributed by atoms with van der Waals surface area (Å²) in [6.07, 6.45) is 0. The van der Waals surface area contributed by atoms with E-state index >= 15 is 0 Å². The van der Waals surface area contributed by atoms with Crippen LogP contribution in [0, 0.1) is 6.92 Å². The van der Waals surface area contributed by atoms with E-state index in [1.54, 1.807) is 0 Å². The van der Waals surface area contributed by atoms with Gasteiger partial charge in [0, 0.05) is 60.8 Å². The third-order valence-electron chi connectivity index (χ3n) is 8.70. The topological polar surface area (TPSA) is 42.0 Å². The van der Waals surface area contributed by atoms with E-state index in [0.717, 1.165) is 53.3 Å². The van der Waals surface area contributed by atoms with Crippen molar-refractivity contribution in [2.24, 2.45) is 0 Å². The molecule has 0 bridgehead atoms. The Morgan fingerprint density at radius 1 is 0.698 bits per heavy atom. The Kier molecular flexibility index (Phi) is 6.66. The second-order valence-corrected chi connectivity index (χ2v) is 11.4. The van der Waals surface area contributed by atoms with E-state index in [1.807, 2.05) is 36.4 Å². The van der Waals surface area contributed by atoms with Gasteiger partial charge in [0.05, 0.1) is 5.56 Å². The molecule has 0 aliphatic carbocycles. The molecule has 43 heavy (non-hydrogen) atoms. The zero-order valence-corrected chi connectivity index (χ0v) is 24.7. The monoisotopic (exact) mass is 566 g/mol. The van der Waals surface area contributed by atoms with Crippen LogP contribution in [0.25, 0.3) is 0 Å². The number of hydrogen-bond acceptors (Lipinski definition) is 5. The molecule has 2 aliphatic heterocycles. The van der Waals surface area contributed by atoms with Gasteiger partial charge >= 0.3 is 5.97 Å². The zero-order chi connectivity index (χ0) is 29.6. The lowest BCUT2D eigenvalue weighted by molar-refractivity contribution is 0.0224. The first-order valence-corrected chi connectivity index (χ1v) is 14.8. The minimum absolute atomic E-state index is 0.322. The molecule has 5 aromatic rings. The Bertz CT molecular complexity index is 1780. The van der Waals surface area contributed by atoms with Gasteiger partial charge in [-0.25, -0.2) is 4.79 Å². The molecule has 5 aromatic carbocycles. The van der Waals surface area contributed by atoms with E-state index in [2.05, 4.69) is 110 Å². The lowest BCUT2D eigenvalue weighted by Gasteiger charge is -2.38. The summed E-state index contributed by atoms with van der Waals surface area (Å²) in [5.74, 6) is 1.08. The smallest absolute Gasteiger partial charge is 0.340 e. The summed E-state index contributed by atoms with van der Waals surface area (Å²) in [7, 11) is 2.06. The molecule has 0 N–H and O–H groups in total. The average Bonchev–Trinajstić information content (AvgIpc) is 3.33. The predicted molar refractivity (Wildman–Crippen MR) is 171 cm³/mol. The normalized spacial score (nSPS) is 16.1. The van der Waals surface area contributed by atoms with Crippen LogP contribution < -0.4 is 14.5 Å². The summed E-state index contributed by atoms with van der Waals surface area (Å²) >= 11 is 0. The second kappa shape index (κ2) is 10.7. The summed E-state index contributed by atoms with van der Waals surface area (Å²) in [4.78, 5) is 18.0. The zero-order valence-electron chi connectivity index (χ0n) is 24.7. The van der Waals surface area contributed by atoms with E-state index < -0.39 is 5.60 Å². The number of nitrogens with zero attached hydrogens (tertiary/aromatic N) is 2. The van der Waals surface area contributed by atoms with Gasteiger partial charge in [0.1, 0.15) is 11.5 Å². The molecule has 0 amide bonds. The SMILES string of the molecule is CCN(C)c1ccc2c(c1)Oc1cc(C)c(N(Cc3ccccc3)Cc3ccccc3)cc1C21OC(=O)c2ccccc21. The quantitative estimate of drug-likeness (QED) is 0.186. The van der Waals surface area contributed by atoms with Crippen molar-refractivity contribution in [1.29, 1.82) is 0 Å². The number of ether oxygens (including phenoxy) is 2. The number of hydrogen-bond donors (Lipinski definition) is 0. The van der Waals surface area contributed by atoms with Crippen LogP contribution in [0.1, 0.15) is 50.7 Å². The molecule has 1 spiro atoms. The highest BCUT2D eigenvalue weighted by atomic mass is 16.6. The molecule has 0 fully saturated rings. The Morgan fingerprint density at radius 3 is 2.00 bits per heavy atom. The number of fused-ring (bicyclic) bond motifs is 6. The summed E-state index contributed by atoms with van der Waals surface area (Å²) in [5, 5.41) is 0. The first-order valence-electron chi connectivity index (χ1n) is 14.8. The van der Waals surface area contributed by atoms with Crippen LogP contribution in [0.4, 0.5) is 11.4 Å². The Morgan fingerprint density at radius 2 is 1.33 bits per heavy atom. The highest BCUT2D eigenvalue weighted by Gasteiger charge is 2.53. The average molecular weight is 567 g/mol. The van der Waals surface area contributed by atoms with Crippen molar-refractivity contribution in [2.75, 3.05) is 23.4 Å². The molecule has 0 aromatic heterocycles. The van der Waals surface area contributed by atoms with Gasteiger partial charge in [-0.2, -0.15) is 0 Å². The van der Waals surface area contributed by atoms with Gasteiger partial charge in [-0.1, -0.05) is 78.9 Å². The molecule has 7 rings (SSSR count). The van der Waals surface area contributed by atoms with Crippen molar-refractivity contribution in [3.8, 4) is 11.5 Å². The van der Waals surface area contributed by atoms with Crippen LogP contribution in [0.5, 0.6) is 11.5 Å². The number of aryl methyl sites for hydroxylation is 1. The molecule has 1 atom stereocenters. The third-order valence-corrected chi connectivity index (χ3v) is 8.70. The summed E-state index contributed by atoms with van der Waals surface area (Å²) < 4.78 is 13.2. The highest BCUT2D eigenvalue weighted by molar-refractivity contribution is 5.97. The van der Waals surface area contributed by atoms with Gasteiger partial charge in [-0.3, -0.25) is 0 Å². The van der Waals surface area contributed by atoms with E-state index in [4.69, 9.17) is 9.47 Å². The molecule has 0 saturated heterocycles. The van der Waals surface area contributed by atoms with Crippen molar-refractivity contribution < 1.29 is 14.3 Å². The molecular formula is C38H34N2O3. The van der Waals surface area contributed by atoms with E-state index in [9.17, 15) is 4.79 Å². The standard InChI is InChI=1S/C38H34N2O3/c1-4-39(3)29-19-20-32-36(22-29)42-35-21-26(2)34(23-33(35)38(32)31-18-12-11-17-30(31)37(41)43-38)40(24-27-13-7-5-8-14-27)25-28-15-9-6-10-16-28/h5-23H,4,24-25H2,1-3H3. The van der Waals surface area contributed by atoms with Crippen molar-refractivity contribution in [1.82, 2.24) is 0 Å². The molecule has 214 valence electrons. The molecule has 0 radical (unpaired) electrons. The molecule has 5 heteroatoms. The first-order chi connectivity index (χ1) is 21.0. The fourth-order valence-electron chi connectivity index (χ4n) is 6.39. The van der Waals surface area contributed by atoms with Crippen LogP contribution in [0.3, 0.4) is 0 Å². The maximum absolute atomic E-state index is 13.5. The van der Waals surface area contributed by atoms with Crippen LogP contribution in [-0.2, 0) is 23.4 Å². The number of benzene rings is 5. The molecular weight excluding hydrogens is 532 g/mol. The van der Waals surface area contributed by atoms with Crippen molar-refractivity contribution in [3.63, 3.8) is 0 Å².